The van der Waals surface area contributed by atoms with E-state index in [0.29, 0.717) is 24.8 Å². The van der Waals surface area contributed by atoms with E-state index >= 15 is 0 Å². The molecule has 1 amide bonds. The van der Waals surface area contributed by atoms with Crippen LogP contribution >= 0.6 is 0 Å². The summed E-state index contributed by atoms with van der Waals surface area (Å²) in [6.07, 6.45) is 4.12. The first-order valence-corrected chi connectivity index (χ1v) is 7.76. The van der Waals surface area contributed by atoms with Gasteiger partial charge in [0.2, 0.25) is 5.91 Å². The van der Waals surface area contributed by atoms with E-state index < -0.39 is 5.97 Å². The largest absolute Gasteiger partial charge is 0.476 e. The van der Waals surface area contributed by atoms with Crippen molar-refractivity contribution in [2.45, 2.75) is 25.7 Å². The second-order valence-corrected chi connectivity index (χ2v) is 5.88. The molecule has 2 fully saturated rings. The number of carbonyl (C=O) groups is 2. The van der Waals surface area contributed by atoms with Gasteiger partial charge >= 0.3 is 5.97 Å². The molecule has 1 aliphatic carbocycles. The van der Waals surface area contributed by atoms with Crippen LogP contribution < -0.4 is 4.90 Å². The SMILES string of the molecule is O=C(O)c1ccc(N2CCCN(C(=O)C3CCC3)CC2)nn1. The highest BCUT2D eigenvalue weighted by molar-refractivity contribution is 5.85. The lowest BCUT2D eigenvalue weighted by molar-refractivity contribution is -0.137. The van der Waals surface area contributed by atoms with Gasteiger partial charge in [-0.3, -0.25) is 4.79 Å². The zero-order chi connectivity index (χ0) is 15.5. The van der Waals surface area contributed by atoms with Crippen LogP contribution in [-0.4, -0.2) is 58.3 Å². The first kappa shape index (κ1) is 14.7. The number of anilines is 1. The van der Waals surface area contributed by atoms with Crippen molar-refractivity contribution in [2.24, 2.45) is 5.92 Å². The highest BCUT2D eigenvalue weighted by Gasteiger charge is 2.30. The lowest BCUT2D eigenvalue weighted by atomic mass is 9.84. The van der Waals surface area contributed by atoms with Crippen molar-refractivity contribution in [1.82, 2.24) is 15.1 Å². The van der Waals surface area contributed by atoms with Crippen molar-refractivity contribution in [2.75, 3.05) is 31.1 Å². The van der Waals surface area contributed by atoms with Crippen LogP contribution in [0.5, 0.6) is 0 Å². The minimum absolute atomic E-state index is 0.0552. The van der Waals surface area contributed by atoms with E-state index in [-0.39, 0.29) is 11.6 Å². The summed E-state index contributed by atoms with van der Waals surface area (Å²) in [5, 5.41) is 16.6. The second-order valence-electron chi connectivity index (χ2n) is 5.88. The quantitative estimate of drug-likeness (QED) is 0.897. The molecule has 1 N–H and O–H groups in total. The molecule has 0 radical (unpaired) electrons. The van der Waals surface area contributed by atoms with Gasteiger partial charge in [-0.25, -0.2) is 4.79 Å². The Kier molecular flexibility index (Phi) is 4.22. The van der Waals surface area contributed by atoms with Crippen LogP contribution in [0.1, 0.15) is 36.2 Å². The third-order valence-electron chi connectivity index (χ3n) is 4.46. The smallest absolute Gasteiger partial charge is 0.356 e. The molecule has 118 valence electrons. The van der Waals surface area contributed by atoms with E-state index in [4.69, 9.17) is 5.11 Å². The van der Waals surface area contributed by atoms with Crippen molar-refractivity contribution in [1.29, 1.82) is 0 Å². The number of hydrogen-bond donors (Lipinski definition) is 1. The molecule has 0 unspecified atom stereocenters. The molecule has 2 heterocycles. The van der Waals surface area contributed by atoms with E-state index in [9.17, 15) is 9.59 Å². The van der Waals surface area contributed by atoms with Gasteiger partial charge in [0.15, 0.2) is 11.5 Å². The lowest BCUT2D eigenvalue weighted by Gasteiger charge is -2.31. The molecule has 0 atom stereocenters. The average Bonchev–Trinajstić information content (AvgIpc) is 2.71. The molecule has 1 aromatic heterocycles. The minimum atomic E-state index is -1.08. The van der Waals surface area contributed by atoms with Crippen LogP contribution in [0.15, 0.2) is 12.1 Å². The fourth-order valence-corrected chi connectivity index (χ4v) is 2.89. The predicted molar refractivity (Wildman–Crippen MR) is 79.7 cm³/mol. The molecule has 3 rings (SSSR count). The summed E-state index contributed by atoms with van der Waals surface area (Å²) in [5.74, 6) is 0.122. The Bertz CT molecular complexity index is 556. The van der Waals surface area contributed by atoms with E-state index in [2.05, 4.69) is 15.1 Å². The molecule has 0 aromatic carbocycles. The summed E-state index contributed by atoms with van der Waals surface area (Å²) >= 11 is 0. The monoisotopic (exact) mass is 304 g/mol. The van der Waals surface area contributed by atoms with Crippen LogP contribution in [0.2, 0.25) is 0 Å². The van der Waals surface area contributed by atoms with Gasteiger partial charge in [-0.2, -0.15) is 0 Å². The van der Waals surface area contributed by atoms with Gasteiger partial charge in [0.1, 0.15) is 0 Å². The summed E-state index contributed by atoms with van der Waals surface area (Å²) in [7, 11) is 0. The maximum Gasteiger partial charge on any atom is 0.356 e. The first-order chi connectivity index (χ1) is 10.6. The van der Waals surface area contributed by atoms with Gasteiger partial charge in [-0.05, 0) is 31.4 Å². The van der Waals surface area contributed by atoms with Crippen LogP contribution in [0.25, 0.3) is 0 Å². The number of rotatable bonds is 3. The number of carboxylic acids is 1. The number of aromatic nitrogens is 2. The Morgan fingerprint density at radius 3 is 2.45 bits per heavy atom. The zero-order valence-electron chi connectivity index (χ0n) is 12.4. The first-order valence-electron chi connectivity index (χ1n) is 7.76. The summed E-state index contributed by atoms with van der Waals surface area (Å²) in [5.41, 5.74) is -0.0552. The number of amides is 1. The number of aromatic carboxylic acids is 1. The van der Waals surface area contributed by atoms with Gasteiger partial charge in [0.25, 0.3) is 0 Å². The Morgan fingerprint density at radius 2 is 1.86 bits per heavy atom. The third-order valence-corrected chi connectivity index (χ3v) is 4.46. The Balaban J connectivity index is 1.62. The standard InChI is InChI=1S/C15H20N4O3/c20-14(11-3-1-4-11)19-8-2-7-18(9-10-19)13-6-5-12(15(21)22)16-17-13/h5-6,11H,1-4,7-10H2,(H,21,22). The topological polar surface area (TPSA) is 86.6 Å². The highest BCUT2D eigenvalue weighted by Crippen LogP contribution is 2.28. The van der Waals surface area contributed by atoms with Crippen molar-refractivity contribution < 1.29 is 14.7 Å². The van der Waals surface area contributed by atoms with Crippen LogP contribution in [-0.2, 0) is 4.79 Å². The van der Waals surface area contributed by atoms with Crippen molar-refractivity contribution in [3.8, 4) is 0 Å². The number of carboxylic acid groups (broad SMARTS) is 1. The van der Waals surface area contributed by atoms with Crippen molar-refractivity contribution in [3.05, 3.63) is 17.8 Å². The van der Waals surface area contributed by atoms with Gasteiger partial charge in [0.05, 0.1) is 0 Å². The second kappa shape index (κ2) is 6.29. The van der Waals surface area contributed by atoms with E-state index in [0.717, 1.165) is 32.4 Å². The van der Waals surface area contributed by atoms with Crippen molar-refractivity contribution >= 4 is 17.7 Å². The molecule has 22 heavy (non-hydrogen) atoms. The number of carbonyl (C=O) groups excluding carboxylic acids is 1. The molecule has 1 aliphatic heterocycles. The molecule has 7 heteroatoms. The molecule has 1 aromatic rings. The van der Waals surface area contributed by atoms with Gasteiger partial charge in [0, 0.05) is 32.1 Å². The predicted octanol–water partition coefficient (Wildman–Crippen LogP) is 1.01. The van der Waals surface area contributed by atoms with Gasteiger partial charge in [-0.15, -0.1) is 10.2 Å². The van der Waals surface area contributed by atoms with E-state index in [1.165, 1.54) is 12.5 Å². The highest BCUT2D eigenvalue weighted by atomic mass is 16.4. The summed E-state index contributed by atoms with van der Waals surface area (Å²) in [4.78, 5) is 27.1. The Morgan fingerprint density at radius 1 is 1.05 bits per heavy atom. The molecule has 7 nitrogen and oxygen atoms in total. The third kappa shape index (κ3) is 3.03. The van der Waals surface area contributed by atoms with E-state index in [1.807, 2.05) is 4.90 Å². The summed E-state index contributed by atoms with van der Waals surface area (Å²) < 4.78 is 0. The zero-order valence-corrected chi connectivity index (χ0v) is 12.4. The Labute approximate surface area is 128 Å². The van der Waals surface area contributed by atoms with E-state index in [1.54, 1.807) is 6.07 Å². The van der Waals surface area contributed by atoms with Crippen LogP contribution in [0.3, 0.4) is 0 Å². The molecule has 1 saturated carbocycles. The fraction of sp³-hybridized carbons (Fsp3) is 0.600. The van der Waals surface area contributed by atoms with Gasteiger partial charge in [-0.1, -0.05) is 6.42 Å². The molecular weight excluding hydrogens is 284 g/mol. The molecule has 0 bridgehead atoms. The molecule has 2 aliphatic rings. The average molecular weight is 304 g/mol. The van der Waals surface area contributed by atoms with Crippen LogP contribution in [0.4, 0.5) is 5.82 Å². The fourth-order valence-electron chi connectivity index (χ4n) is 2.89. The number of nitrogens with zero attached hydrogens (tertiary/aromatic N) is 4. The maximum absolute atomic E-state index is 12.3. The maximum atomic E-state index is 12.3. The minimum Gasteiger partial charge on any atom is -0.476 e. The lowest BCUT2D eigenvalue weighted by Crippen LogP contribution is -2.41. The molecule has 0 spiro atoms. The molecule has 1 saturated heterocycles. The summed E-state index contributed by atoms with van der Waals surface area (Å²) in [6.45, 7) is 2.99. The molecular formula is C15H20N4O3. The van der Waals surface area contributed by atoms with Crippen LogP contribution in [0, 0.1) is 5.92 Å². The summed E-state index contributed by atoms with van der Waals surface area (Å²) in [6, 6.07) is 3.15. The normalized spacial score (nSPS) is 19.5. The van der Waals surface area contributed by atoms with Gasteiger partial charge < -0.3 is 14.9 Å². The number of hydrogen-bond acceptors (Lipinski definition) is 5. The van der Waals surface area contributed by atoms with Crippen molar-refractivity contribution in [3.63, 3.8) is 0 Å². The Hall–Kier alpha value is -2.18.